The molecule has 1 heterocycles. The maximum atomic E-state index is 11.6. The minimum absolute atomic E-state index is 0.353. The van der Waals surface area contributed by atoms with Crippen LogP contribution in [0.1, 0.15) is 29.7 Å². The predicted molar refractivity (Wildman–Crippen MR) is 52.6 cm³/mol. The highest BCUT2D eigenvalue weighted by molar-refractivity contribution is 7.87. The van der Waals surface area contributed by atoms with Crippen LogP contribution in [0.2, 0.25) is 0 Å². The first kappa shape index (κ1) is 9.68. The van der Waals surface area contributed by atoms with E-state index in [4.69, 9.17) is 4.18 Å². The molecule has 2 rings (SSSR count). The Morgan fingerprint density at radius 2 is 1.93 bits per heavy atom. The number of hydrogen-bond donors (Lipinski definition) is 0. The van der Waals surface area contributed by atoms with Crippen molar-refractivity contribution in [1.82, 2.24) is 0 Å². The van der Waals surface area contributed by atoms with Gasteiger partial charge in [-0.3, -0.25) is 4.18 Å². The second-order valence-electron chi connectivity index (χ2n) is 3.69. The molecule has 0 aromatic heterocycles. The summed E-state index contributed by atoms with van der Waals surface area (Å²) in [5.41, 5.74) is 2.61. The van der Waals surface area contributed by atoms with E-state index in [0.29, 0.717) is 4.90 Å². The van der Waals surface area contributed by atoms with Crippen molar-refractivity contribution in [3.63, 3.8) is 0 Å². The molecule has 76 valence electrons. The third-order valence-electron chi connectivity index (χ3n) is 2.41. The highest BCUT2D eigenvalue weighted by atomic mass is 32.2. The maximum Gasteiger partial charge on any atom is 0.298 e. The van der Waals surface area contributed by atoms with Gasteiger partial charge in [-0.05, 0) is 26.3 Å². The van der Waals surface area contributed by atoms with Crippen LogP contribution in [0.5, 0.6) is 0 Å². The molecule has 4 heteroatoms. The summed E-state index contributed by atoms with van der Waals surface area (Å²) in [7, 11) is -3.50. The highest BCUT2D eigenvalue weighted by Gasteiger charge is 2.34. The highest BCUT2D eigenvalue weighted by Crippen LogP contribution is 2.38. The molecule has 1 aliphatic rings. The molecule has 0 aliphatic carbocycles. The largest absolute Gasteiger partial charge is 0.298 e. The van der Waals surface area contributed by atoms with Gasteiger partial charge in [0.15, 0.2) is 0 Å². The Balaban J connectivity index is 2.82. The summed E-state index contributed by atoms with van der Waals surface area (Å²) < 4.78 is 28.1. The fourth-order valence-corrected chi connectivity index (χ4v) is 3.47. The molecule has 3 nitrogen and oxygen atoms in total. The molecule has 0 N–H and O–H groups in total. The van der Waals surface area contributed by atoms with Gasteiger partial charge in [0.1, 0.15) is 11.0 Å². The van der Waals surface area contributed by atoms with E-state index in [9.17, 15) is 8.42 Å². The van der Waals surface area contributed by atoms with Gasteiger partial charge in [0.05, 0.1) is 0 Å². The smallest absolute Gasteiger partial charge is 0.258 e. The van der Waals surface area contributed by atoms with E-state index in [0.717, 1.165) is 16.7 Å². The van der Waals surface area contributed by atoms with Gasteiger partial charge in [-0.2, -0.15) is 8.42 Å². The minimum Gasteiger partial charge on any atom is -0.258 e. The van der Waals surface area contributed by atoms with Crippen molar-refractivity contribution >= 4 is 10.1 Å². The van der Waals surface area contributed by atoms with Crippen LogP contribution < -0.4 is 0 Å². The first-order chi connectivity index (χ1) is 6.42. The molecule has 14 heavy (non-hydrogen) atoms. The summed E-state index contributed by atoms with van der Waals surface area (Å²) in [6.07, 6.45) is -0.353. The molecule has 1 unspecified atom stereocenters. The molecule has 1 atom stereocenters. The summed E-state index contributed by atoms with van der Waals surface area (Å²) in [6.45, 7) is 5.50. The Morgan fingerprint density at radius 3 is 2.57 bits per heavy atom. The van der Waals surface area contributed by atoms with Crippen LogP contribution >= 0.6 is 0 Å². The molecule has 0 radical (unpaired) electrons. The summed E-state index contributed by atoms with van der Waals surface area (Å²) in [6, 6.07) is 3.73. The van der Waals surface area contributed by atoms with Crippen LogP contribution in [0.15, 0.2) is 17.0 Å². The first-order valence-corrected chi connectivity index (χ1v) is 5.87. The van der Waals surface area contributed by atoms with Gasteiger partial charge in [-0.15, -0.1) is 0 Å². The van der Waals surface area contributed by atoms with Gasteiger partial charge >= 0.3 is 0 Å². The Kier molecular flexibility index (Phi) is 1.94. The lowest BCUT2D eigenvalue weighted by atomic mass is 10.0. The molecule has 1 aromatic carbocycles. The van der Waals surface area contributed by atoms with Gasteiger partial charge < -0.3 is 0 Å². The van der Waals surface area contributed by atoms with Gasteiger partial charge in [0, 0.05) is 5.56 Å². The van der Waals surface area contributed by atoms with Crippen LogP contribution in [0.4, 0.5) is 0 Å². The van der Waals surface area contributed by atoms with E-state index >= 15 is 0 Å². The van der Waals surface area contributed by atoms with E-state index in [2.05, 4.69) is 0 Å². The molecular weight excluding hydrogens is 200 g/mol. The quantitative estimate of drug-likeness (QED) is 0.618. The van der Waals surface area contributed by atoms with Crippen molar-refractivity contribution in [3.8, 4) is 0 Å². The standard InChI is InChI=1S/C10H12O3S/c1-6-4-7(2)10-9(5-6)8(3)13-14(10,11)12/h4-5,8H,1-3H3. The molecule has 0 amide bonds. The van der Waals surface area contributed by atoms with E-state index < -0.39 is 10.1 Å². The van der Waals surface area contributed by atoms with E-state index in [-0.39, 0.29) is 6.10 Å². The number of rotatable bonds is 0. The number of aryl methyl sites for hydroxylation is 2. The summed E-state index contributed by atoms with van der Waals surface area (Å²) in [5.74, 6) is 0. The maximum absolute atomic E-state index is 11.6. The zero-order valence-corrected chi connectivity index (χ0v) is 9.18. The molecule has 0 saturated carbocycles. The molecule has 1 aliphatic heterocycles. The second kappa shape index (κ2) is 2.81. The average molecular weight is 212 g/mol. The van der Waals surface area contributed by atoms with Gasteiger partial charge in [0.2, 0.25) is 0 Å². The SMILES string of the molecule is Cc1cc(C)c2c(c1)C(C)OS2(=O)=O. The molecular formula is C10H12O3S. The molecule has 1 aromatic rings. The van der Waals surface area contributed by atoms with Crippen molar-refractivity contribution in [2.75, 3.05) is 0 Å². The van der Waals surface area contributed by atoms with Crippen LogP contribution in [0.3, 0.4) is 0 Å². The average Bonchev–Trinajstić information content (AvgIpc) is 2.21. The van der Waals surface area contributed by atoms with Gasteiger partial charge in [0.25, 0.3) is 10.1 Å². The van der Waals surface area contributed by atoms with E-state index in [1.807, 2.05) is 19.1 Å². The Labute approximate surface area is 83.8 Å². The molecule has 0 saturated heterocycles. The van der Waals surface area contributed by atoms with E-state index in [1.165, 1.54) is 0 Å². The zero-order valence-electron chi connectivity index (χ0n) is 8.37. The van der Waals surface area contributed by atoms with Crippen LogP contribution in [0.25, 0.3) is 0 Å². The Bertz CT molecular complexity index is 488. The molecule has 0 spiro atoms. The van der Waals surface area contributed by atoms with Crippen molar-refractivity contribution < 1.29 is 12.6 Å². The number of fused-ring (bicyclic) bond motifs is 1. The molecule has 0 fully saturated rings. The van der Waals surface area contributed by atoms with Crippen molar-refractivity contribution in [2.24, 2.45) is 0 Å². The lowest BCUT2D eigenvalue weighted by Crippen LogP contribution is -1.99. The van der Waals surface area contributed by atoms with Crippen LogP contribution in [-0.4, -0.2) is 8.42 Å². The monoisotopic (exact) mass is 212 g/mol. The first-order valence-electron chi connectivity index (χ1n) is 4.46. The van der Waals surface area contributed by atoms with Crippen LogP contribution in [0, 0.1) is 13.8 Å². The van der Waals surface area contributed by atoms with Crippen molar-refractivity contribution in [2.45, 2.75) is 31.8 Å². The fraction of sp³-hybridized carbons (Fsp3) is 0.400. The fourth-order valence-electron chi connectivity index (χ4n) is 1.92. The topological polar surface area (TPSA) is 43.4 Å². The summed E-state index contributed by atoms with van der Waals surface area (Å²) in [5, 5.41) is 0. The van der Waals surface area contributed by atoms with Gasteiger partial charge in [-0.1, -0.05) is 17.7 Å². The zero-order chi connectivity index (χ0) is 10.5. The van der Waals surface area contributed by atoms with Crippen molar-refractivity contribution in [1.29, 1.82) is 0 Å². The van der Waals surface area contributed by atoms with Crippen molar-refractivity contribution in [3.05, 3.63) is 28.8 Å². The summed E-state index contributed by atoms with van der Waals surface area (Å²) >= 11 is 0. The second-order valence-corrected chi connectivity index (χ2v) is 5.20. The molecule has 0 bridgehead atoms. The van der Waals surface area contributed by atoms with Gasteiger partial charge in [-0.25, -0.2) is 0 Å². The van der Waals surface area contributed by atoms with Crippen LogP contribution in [-0.2, 0) is 14.3 Å². The normalized spacial score (nSPS) is 23.5. The van der Waals surface area contributed by atoms with E-state index in [1.54, 1.807) is 13.8 Å². The minimum atomic E-state index is -3.50. The number of benzene rings is 1. The lowest BCUT2D eigenvalue weighted by Gasteiger charge is -2.03. The number of hydrogen-bond acceptors (Lipinski definition) is 3. The lowest BCUT2D eigenvalue weighted by molar-refractivity contribution is 0.252. The third kappa shape index (κ3) is 1.26. The Morgan fingerprint density at radius 1 is 1.29 bits per heavy atom. The predicted octanol–water partition coefficient (Wildman–Crippen LogP) is 2.08. The third-order valence-corrected chi connectivity index (χ3v) is 4.01. The Hall–Kier alpha value is -0.870. The summed E-state index contributed by atoms with van der Waals surface area (Å²) in [4.78, 5) is 0.357.